The van der Waals surface area contributed by atoms with Crippen LogP contribution >= 0.6 is 0 Å². The number of hydrogen-bond donors (Lipinski definition) is 2. The first-order valence-corrected chi connectivity index (χ1v) is 8.50. The summed E-state index contributed by atoms with van der Waals surface area (Å²) in [6.45, 7) is 7.95. The average Bonchev–Trinajstić information content (AvgIpc) is 2.71. The molecule has 1 aliphatic heterocycles. The zero-order valence-electron chi connectivity index (χ0n) is 13.5. The standard InChI is InChI=1S/C17H32N2O/c1-17(2,3)13-7-6-8-14(11-10-13)19-15-9-4-5-12-18-16(15)20/h13-15,19H,4-12H2,1-3H3,(H,18,20). The molecule has 0 aromatic rings. The van der Waals surface area contributed by atoms with Gasteiger partial charge in [0.15, 0.2) is 0 Å². The molecule has 2 N–H and O–H groups in total. The summed E-state index contributed by atoms with van der Waals surface area (Å²) < 4.78 is 0. The summed E-state index contributed by atoms with van der Waals surface area (Å²) in [4.78, 5) is 12.0. The summed E-state index contributed by atoms with van der Waals surface area (Å²) in [6.07, 6.45) is 9.70. The van der Waals surface area contributed by atoms with Gasteiger partial charge < -0.3 is 10.6 Å². The van der Waals surface area contributed by atoms with Crippen LogP contribution in [0, 0.1) is 11.3 Å². The molecule has 1 amide bonds. The summed E-state index contributed by atoms with van der Waals surface area (Å²) in [5.41, 5.74) is 0.425. The van der Waals surface area contributed by atoms with Gasteiger partial charge in [0.1, 0.15) is 0 Å². The van der Waals surface area contributed by atoms with Crippen LogP contribution in [0.2, 0.25) is 0 Å². The third-order valence-corrected chi connectivity index (χ3v) is 5.17. The van der Waals surface area contributed by atoms with E-state index in [9.17, 15) is 4.79 Å². The van der Waals surface area contributed by atoms with E-state index in [0.29, 0.717) is 11.5 Å². The normalized spacial score (nSPS) is 33.1. The number of carbonyl (C=O) groups excluding carboxylic acids is 1. The molecular formula is C17H32N2O. The Balaban J connectivity index is 1.85. The highest BCUT2D eigenvalue weighted by atomic mass is 16.2. The third kappa shape index (κ3) is 4.47. The molecule has 1 aliphatic carbocycles. The minimum atomic E-state index is 0.0497. The van der Waals surface area contributed by atoms with Crippen LogP contribution < -0.4 is 10.6 Å². The lowest BCUT2D eigenvalue weighted by atomic mass is 9.76. The van der Waals surface area contributed by atoms with Crippen LogP contribution in [0.3, 0.4) is 0 Å². The first kappa shape index (κ1) is 15.8. The Morgan fingerprint density at radius 2 is 1.80 bits per heavy atom. The SMILES string of the molecule is CC(C)(C)C1CCCC(NC2CCCCNC2=O)CC1. The van der Waals surface area contributed by atoms with Crippen molar-refractivity contribution in [2.45, 2.75) is 84.2 Å². The molecule has 0 bridgehead atoms. The van der Waals surface area contributed by atoms with Crippen molar-refractivity contribution in [2.24, 2.45) is 11.3 Å². The largest absolute Gasteiger partial charge is 0.355 e. The van der Waals surface area contributed by atoms with E-state index >= 15 is 0 Å². The van der Waals surface area contributed by atoms with E-state index < -0.39 is 0 Å². The highest BCUT2D eigenvalue weighted by molar-refractivity contribution is 5.81. The Morgan fingerprint density at radius 1 is 1.00 bits per heavy atom. The van der Waals surface area contributed by atoms with E-state index in [1.165, 1.54) is 32.1 Å². The van der Waals surface area contributed by atoms with E-state index in [1.54, 1.807) is 0 Å². The van der Waals surface area contributed by atoms with Gasteiger partial charge in [0.05, 0.1) is 6.04 Å². The van der Waals surface area contributed by atoms with Gasteiger partial charge >= 0.3 is 0 Å². The van der Waals surface area contributed by atoms with Gasteiger partial charge in [-0.15, -0.1) is 0 Å². The number of carbonyl (C=O) groups is 1. The van der Waals surface area contributed by atoms with Crippen molar-refractivity contribution < 1.29 is 4.79 Å². The van der Waals surface area contributed by atoms with Crippen LogP contribution in [0.4, 0.5) is 0 Å². The molecule has 3 nitrogen and oxygen atoms in total. The lowest BCUT2D eigenvalue weighted by Gasteiger charge is -2.30. The average molecular weight is 280 g/mol. The molecular weight excluding hydrogens is 248 g/mol. The zero-order valence-corrected chi connectivity index (χ0v) is 13.5. The second-order valence-electron chi connectivity index (χ2n) is 7.77. The van der Waals surface area contributed by atoms with Crippen molar-refractivity contribution in [3.05, 3.63) is 0 Å². The molecule has 3 atom stereocenters. The fraction of sp³-hybridized carbons (Fsp3) is 0.941. The number of nitrogens with one attached hydrogen (secondary N) is 2. The molecule has 1 heterocycles. The van der Waals surface area contributed by atoms with Crippen molar-refractivity contribution in [3.63, 3.8) is 0 Å². The minimum Gasteiger partial charge on any atom is -0.355 e. The first-order chi connectivity index (χ1) is 9.47. The van der Waals surface area contributed by atoms with Crippen molar-refractivity contribution in [2.75, 3.05) is 6.54 Å². The molecule has 20 heavy (non-hydrogen) atoms. The molecule has 3 unspecified atom stereocenters. The van der Waals surface area contributed by atoms with Gasteiger partial charge in [-0.1, -0.05) is 27.2 Å². The molecule has 116 valence electrons. The second-order valence-corrected chi connectivity index (χ2v) is 7.77. The van der Waals surface area contributed by atoms with Crippen LogP contribution in [0.25, 0.3) is 0 Å². The quantitative estimate of drug-likeness (QED) is 0.762. The molecule has 1 saturated carbocycles. The number of amides is 1. The Bertz CT molecular complexity index is 321. The lowest BCUT2D eigenvalue weighted by molar-refractivity contribution is -0.123. The van der Waals surface area contributed by atoms with E-state index in [0.717, 1.165) is 31.7 Å². The molecule has 0 radical (unpaired) electrons. The van der Waals surface area contributed by atoms with E-state index in [4.69, 9.17) is 0 Å². The highest BCUT2D eigenvalue weighted by Crippen LogP contribution is 2.36. The van der Waals surface area contributed by atoms with Crippen LogP contribution in [-0.4, -0.2) is 24.5 Å². The second kappa shape index (κ2) is 6.93. The predicted molar refractivity (Wildman–Crippen MR) is 83.6 cm³/mol. The maximum absolute atomic E-state index is 12.0. The molecule has 0 spiro atoms. The highest BCUT2D eigenvalue weighted by Gasteiger charge is 2.29. The Hall–Kier alpha value is -0.570. The fourth-order valence-electron chi connectivity index (χ4n) is 3.72. The molecule has 2 aliphatic rings. The monoisotopic (exact) mass is 280 g/mol. The van der Waals surface area contributed by atoms with Crippen molar-refractivity contribution in [1.29, 1.82) is 0 Å². The first-order valence-electron chi connectivity index (χ1n) is 8.50. The maximum atomic E-state index is 12.0. The van der Waals surface area contributed by atoms with Gasteiger partial charge in [0, 0.05) is 12.6 Å². The molecule has 0 aromatic carbocycles. The summed E-state index contributed by atoms with van der Waals surface area (Å²) in [7, 11) is 0. The Morgan fingerprint density at radius 3 is 2.55 bits per heavy atom. The number of rotatable bonds is 2. The molecule has 2 fully saturated rings. The number of hydrogen-bond acceptors (Lipinski definition) is 2. The van der Waals surface area contributed by atoms with Gasteiger partial charge in [0.2, 0.25) is 5.91 Å². The lowest BCUT2D eigenvalue weighted by Crippen LogP contribution is -2.47. The zero-order chi connectivity index (χ0) is 14.6. The Kier molecular flexibility index (Phi) is 5.48. The summed E-state index contributed by atoms with van der Waals surface area (Å²) in [5.74, 6) is 1.05. The molecule has 3 heteroatoms. The summed E-state index contributed by atoms with van der Waals surface area (Å²) in [6, 6.07) is 0.588. The molecule has 0 aromatic heterocycles. The van der Waals surface area contributed by atoms with Gasteiger partial charge in [-0.3, -0.25) is 4.79 Å². The molecule has 1 saturated heterocycles. The van der Waals surface area contributed by atoms with Gasteiger partial charge in [0.25, 0.3) is 0 Å². The third-order valence-electron chi connectivity index (χ3n) is 5.17. The van der Waals surface area contributed by atoms with Gasteiger partial charge in [-0.05, 0) is 56.3 Å². The van der Waals surface area contributed by atoms with Crippen molar-refractivity contribution in [1.82, 2.24) is 10.6 Å². The van der Waals surface area contributed by atoms with Crippen LogP contribution in [0.15, 0.2) is 0 Å². The van der Waals surface area contributed by atoms with Crippen molar-refractivity contribution >= 4 is 5.91 Å². The summed E-state index contributed by atoms with van der Waals surface area (Å²) >= 11 is 0. The van der Waals surface area contributed by atoms with E-state index in [2.05, 4.69) is 31.4 Å². The van der Waals surface area contributed by atoms with Crippen LogP contribution in [0.1, 0.15) is 72.1 Å². The predicted octanol–water partition coefficient (Wildman–Crippen LogP) is 3.24. The van der Waals surface area contributed by atoms with Gasteiger partial charge in [-0.25, -0.2) is 0 Å². The van der Waals surface area contributed by atoms with E-state index in [1.807, 2.05) is 0 Å². The van der Waals surface area contributed by atoms with Crippen molar-refractivity contribution in [3.8, 4) is 0 Å². The van der Waals surface area contributed by atoms with E-state index in [-0.39, 0.29) is 11.9 Å². The fourth-order valence-corrected chi connectivity index (χ4v) is 3.72. The topological polar surface area (TPSA) is 41.1 Å². The molecule has 2 rings (SSSR count). The van der Waals surface area contributed by atoms with Crippen LogP contribution in [-0.2, 0) is 4.79 Å². The minimum absolute atomic E-state index is 0.0497. The smallest absolute Gasteiger partial charge is 0.237 e. The van der Waals surface area contributed by atoms with Gasteiger partial charge in [-0.2, -0.15) is 0 Å². The van der Waals surface area contributed by atoms with Crippen LogP contribution in [0.5, 0.6) is 0 Å². The Labute approximate surface area is 124 Å². The summed E-state index contributed by atoms with van der Waals surface area (Å²) in [5, 5.41) is 6.68. The maximum Gasteiger partial charge on any atom is 0.237 e.